The molecule has 0 spiro atoms. The Morgan fingerprint density at radius 3 is 2.41 bits per heavy atom. The first-order valence-corrected chi connectivity index (χ1v) is 15.2. The zero-order chi connectivity index (χ0) is 33.2. The van der Waals surface area contributed by atoms with Crippen molar-refractivity contribution in [2.24, 2.45) is 21.6 Å². The van der Waals surface area contributed by atoms with Gasteiger partial charge in [0.15, 0.2) is 5.78 Å². The molecule has 0 radical (unpaired) electrons. The molecule has 10 heteroatoms. The van der Waals surface area contributed by atoms with E-state index in [1.165, 1.54) is 87.6 Å². The molecule has 0 amide bonds. The van der Waals surface area contributed by atoms with Gasteiger partial charge in [-0.2, -0.15) is 0 Å². The fourth-order valence-electron chi connectivity index (χ4n) is 4.49. The molecule has 0 aromatic heterocycles. The van der Waals surface area contributed by atoms with Gasteiger partial charge in [-0.05, 0) is 96.2 Å². The Hall–Kier alpha value is -3.66. The topological polar surface area (TPSA) is 134 Å². The highest BCUT2D eigenvalue weighted by Crippen LogP contribution is 2.27. The summed E-state index contributed by atoms with van der Waals surface area (Å²) >= 11 is 5.70. The maximum atomic E-state index is 10.8. The lowest BCUT2D eigenvalue weighted by Crippen LogP contribution is -2.61. The second kappa shape index (κ2) is 20.3. The number of allylic oxidation sites excluding steroid dienone is 7. The van der Waals surface area contributed by atoms with Gasteiger partial charge in [0.1, 0.15) is 17.4 Å². The molecule has 1 aromatic rings. The Bertz CT molecular complexity index is 1320. The average Bonchev–Trinajstić information content (AvgIpc) is 3.16. The first kappa shape index (κ1) is 38.4. The number of benzene rings is 1. The van der Waals surface area contributed by atoms with Gasteiger partial charge < -0.3 is 21.1 Å². The first-order valence-electron chi connectivity index (χ1n) is 14.8. The predicted molar refractivity (Wildman–Crippen MR) is 184 cm³/mol. The number of aliphatic hydroxyl groups excluding tert-OH is 1. The van der Waals surface area contributed by atoms with Gasteiger partial charge in [0.2, 0.25) is 0 Å². The van der Waals surface area contributed by atoms with Crippen LogP contribution < -0.4 is 16.2 Å². The summed E-state index contributed by atoms with van der Waals surface area (Å²) < 4.78 is 0. The number of para-hydroxylation sites is 1. The van der Waals surface area contributed by atoms with E-state index in [0.717, 1.165) is 29.7 Å². The minimum atomic E-state index is -0.143. The first-order chi connectivity index (χ1) is 20.8. The number of hydrogen-bond donors (Lipinski definition) is 4. The Morgan fingerprint density at radius 1 is 1.20 bits per heavy atom. The van der Waals surface area contributed by atoms with Crippen LogP contribution in [0.3, 0.4) is 0 Å². The van der Waals surface area contributed by atoms with E-state index in [2.05, 4.69) is 51.9 Å². The van der Waals surface area contributed by atoms with E-state index in [9.17, 15) is 14.8 Å². The van der Waals surface area contributed by atoms with Crippen molar-refractivity contribution in [2.45, 2.75) is 65.8 Å². The van der Waals surface area contributed by atoms with E-state index in [-0.39, 0.29) is 22.3 Å². The molecule has 0 bridgehead atoms. The van der Waals surface area contributed by atoms with E-state index >= 15 is 0 Å². The molecule has 2 aliphatic rings. The number of aliphatic imine (C=N–C) groups is 2. The van der Waals surface area contributed by atoms with Gasteiger partial charge in [0.25, 0.3) is 5.70 Å². The van der Waals surface area contributed by atoms with E-state index < -0.39 is 0 Å². The largest absolute Gasteiger partial charge is 0.507 e. The van der Waals surface area contributed by atoms with Crippen molar-refractivity contribution in [1.29, 1.82) is 0 Å². The molecular formula is C34H50ClN6O3+. The summed E-state index contributed by atoms with van der Waals surface area (Å²) in [5.74, 6) is 2.50. The van der Waals surface area contributed by atoms with E-state index in [0.29, 0.717) is 11.6 Å². The number of hydrogen-bond acceptors (Lipinski definition) is 8. The molecule has 1 heterocycles. The summed E-state index contributed by atoms with van der Waals surface area (Å²) in [5, 5.41) is 14.8. The Kier molecular flexibility index (Phi) is 17.7. The van der Waals surface area contributed by atoms with Gasteiger partial charge in [-0.3, -0.25) is 4.79 Å². The molecule has 1 fully saturated rings. The Labute approximate surface area is 268 Å². The van der Waals surface area contributed by atoms with Crippen LogP contribution in [0.2, 0.25) is 0 Å². The molecule has 1 aromatic carbocycles. The van der Waals surface area contributed by atoms with Crippen LogP contribution in [-0.2, 0) is 11.2 Å². The van der Waals surface area contributed by atoms with Crippen LogP contribution in [0.25, 0.3) is 0 Å². The highest BCUT2D eigenvalue weighted by Gasteiger charge is 2.17. The minimum Gasteiger partial charge on any atom is -0.507 e. The minimum absolute atomic E-state index is 0.116. The number of rotatable bonds is 8. The summed E-state index contributed by atoms with van der Waals surface area (Å²) in [7, 11) is 6.06. The third-order valence-corrected chi connectivity index (χ3v) is 7.36. The lowest BCUT2D eigenvalue weighted by molar-refractivity contribution is -0.417. The number of aliphatic hydroxyl groups is 1. The van der Waals surface area contributed by atoms with Crippen molar-refractivity contribution >= 4 is 34.7 Å². The number of fused-ring (bicyclic) bond motifs is 1. The van der Waals surface area contributed by atoms with Crippen LogP contribution in [0, 0.1) is 17.7 Å². The molecular weight excluding hydrogens is 576 g/mol. The van der Waals surface area contributed by atoms with Crippen molar-refractivity contribution in [3.8, 4) is 0 Å². The van der Waals surface area contributed by atoms with Crippen molar-refractivity contribution in [2.75, 3.05) is 27.7 Å². The number of nitrogens with two attached hydrogens (primary N) is 1. The average molecular weight is 626 g/mol. The zero-order valence-corrected chi connectivity index (χ0v) is 28.0. The molecule has 0 saturated heterocycles. The van der Waals surface area contributed by atoms with Crippen LogP contribution in [0.1, 0.15) is 57.6 Å². The number of halogens is 1. The highest BCUT2D eigenvalue weighted by atomic mass is 35.5. The second-order valence-electron chi connectivity index (χ2n) is 11.1. The van der Waals surface area contributed by atoms with Gasteiger partial charge in [0, 0.05) is 47.8 Å². The maximum absolute atomic E-state index is 10.8. The fourth-order valence-corrected chi connectivity index (χ4v) is 4.60. The molecule has 44 heavy (non-hydrogen) atoms. The number of carbonyl (C=O) groups is 1. The summed E-state index contributed by atoms with van der Waals surface area (Å²) in [5.41, 5.74) is 9.74. The third kappa shape index (κ3) is 14.2. The molecule has 9 nitrogen and oxygen atoms in total. The predicted octanol–water partition coefficient (Wildman–Crippen LogP) is 5.29. The normalized spacial score (nSPS) is 19.0. The molecule has 1 aliphatic carbocycles. The van der Waals surface area contributed by atoms with Crippen LogP contribution >= 0.6 is 11.6 Å². The molecule has 1 saturated carbocycles. The van der Waals surface area contributed by atoms with Crippen LogP contribution in [0.4, 0.5) is 5.69 Å². The van der Waals surface area contributed by atoms with E-state index in [1.807, 2.05) is 28.1 Å². The quantitative estimate of drug-likeness (QED) is 0.176. The van der Waals surface area contributed by atoms with Crippen molar-refractivity contribution in [1.82, 2.24) is 10.2 Å². The number of carbonyl (C=O) groups excluding carboxylic acids is 1. The number of nitroso groups, excluding NO2 is 1. The van der Waals surface area contributed by atoms with E-state index in [1.54, 1.807) is 5.18 Å². The van der Waals surface area contributed by atoms with Crippen molar-refractivity contribution < 1.29 is 15.1 Å². The summed E-state index contributed by atoms with van der Waals surface area (Å²) in [6.07, 6.45) is 12.7. The molecule has 5 N–H and O–H groups in total. The number of likely N-dealkylation sites (N-methyl/N-ethyl adjacent to an activating group) is 1. The molecule has 240 valence electrons. The van der Waals surface area contributed by atoms with Gasteiger partial charge >= 0.3 is 0 Å². The monoisotopic (exact) mass is 625 g/mol. The highest BCUT2D eigenvalue weighted by molar-refractivity contribution is 6.31. The zero-order valence-electron chi connectivity index (χ0n) is 27.3. The second-order valence-corrected chi connectivity index (χ2v) is 11.5. The van der Waals surface area contributed by atoms with Crippen molar-refractivity contribution in [3.63, 3.8) is 0 Å². The number of amidine groups is 2. The van der Waals surface area contributed by atoms with Gasteiger partial charge in [0.05, 0.1) is 11.3 Å². The van der Waals surface area contributed by atoms with Crippen molar-refractivity contribution in [3.05, 3.63) is 93.3 Å². The fraction of sp³-hybridized carbons (Fsp3) is 0.441. The van der Waals surface area contributed by atoms with Gasteiger partial charge in [-0.25, -0.2) is 9.98 Å². The van der Waals surface area contributed by atoms with Gasteiger partial charge in [-0.1, -0.05) is 48.5 Å². The summed E-state index contributed by atoms with van der Waals surface area (Å²) in [4.78, 5) is 32.6. The molecule has 0 atom stereocenters. The van der Waals surface area contributed by atoms with Crippen LogP contribution in [0.5, 0.6) is 0 Å². The lowest BCUT2D eigenvalue weighted by Gasteiger charge is -2.25. The Balaban J connectivity index is 0.000000342. The lowest BCUT2D eigenvalue weighted by atomic mass is 9.86. The maximum Gasteiger partial charge on any atom is 0.261 e. The van der Waals surface area contributed by atoms with Gasteiger partial charge in [-0.15, -0.1) is 0 Å². The van der Waals surface area contributed by atoms with Crippen LogP contribution in [-0.4, -0.2) is 61.2 Å². The van der Waals surface area contributed by atoms with Crippen LogP contribution in [0.15, 0.2) is 87.2 Å². The summed E-state index contributed by atoms with van der Waals surface area (Å²) in [6.45, 7) is 11.6. The summed E-state index contributed by atoms with van der Waals surface area (Å²) in [6, 6.07) is 6.80. The molecule has 0 unspecified atom stereocenters. The van der Waals surface area contributed by atoms with E-state index in [4.69, 9.17) is 17.3 Å². The number of nitrogens with one attached hydrogen (secondary N) is 2. The third-order valence-electron chi connectivity index (χ3n) is 7.10. The number of ketones is 1. The number of nitrogens with zero attached hydrogens (tertiary/aromatic N) is 3. The molecule has 3 rings (SSSR count). The Morgan fingerprint density at radius 2 is 1.86 bits per heavy atom. The molecule has 1 aliphatic heterocycles. The smallest absolute Gasteiger partial charge is 0.261 e. The SMILES string of the molecule is C=C\C(Cl)=C/C([NH+]=O)=C(C)/C(O)=C/C=C/C(C)=O.CC1=Nc2c(C)cccc2CC(N(C)C)=N1.CNCC1CCC(N)CC1. The standard InChI is InChI=1S/C13H14ClNO3.C13H17N3.C8H18N2/c1-4-11(14)8-12(15-18)10(3)13(17)7-5-6-9(2)16;1-9-6-5-7-11-8-12(16(3)4)14-10(2)15-13(9)11;1-10-6-7-2-4-8(9)5-3-7/h4-8,17H,1H2,2-3H3;5-7H,8H2,1-4H3;7-8,10H,2-6,9H2,1H3/p+1/b6-5+,11-8+,12-10-,13-7-;;. The number of aryl methyl sites for hydroxylation is 1.